The van der Waals surface area contributed by atoms with Gasteiger partial charge in [0.05, 0.1) is 11.9 Å². The number of carbonyl (C=O) groups excluding carboxylic acids is 2. The van der Waals surface area contributed by atoms with Crippen LogP contribution >= 0.6 is 0 Å². The van der Waals surface area contributed by atoms with Crippen LogP contribution in [0, 0.1) is 0 Å². The molecule has 2 aromatic heterocycles. The molecule has 10 nitrogen and oxygen atoms in total. The second-order valence-corrected chi connectivity index (χ2v) is 6.75. The zero-order valence-electron chi connectivity index (χ0n) is 16.9. The van der Waals surface area contributed by atoms with Crippen LogP contribution in [-0.2, 0) is 17.9 Å². The Kier molecular flexibility index (Phi) is 6.21. The number of amides is 2. The number of hydrazine groups is 1. The van der Waals surface area contributed by atoms with Crippen LogP contribution in [0.25, 0.3) is 10.9 Å². The van der Waals surface area contributed by atoms with Crippen LogP contribution in [0.3, 0.4) is 0 Å². The molecule has 2 amide bonds. The monoisotopic (exact) mass is 433 g/mol. The zero-order chi connectivity index (χ0) is 22.3. The smallest absolute Gasteiger partial charge is 0.305 e. The van der Waals surface area contributed by atoms with Gasteiger partial charge in [-0.2, -0.15) is 0 Å². The van der Waals surface area contributed by atoms with Gasteiger partial charge in [0.25, 0.3) is 5.56 Å². The van der Waals surface area contributed by atoms with Crippen LogP contribution in [0.1, 0.15) is 22.7 Å². The summed E-state index contributed by atoms with van der Waals surface area (Å²) in [7, 11) is 0. The Balaban J connectivity index is 1.25. The number of aryl methyl sites for hydroxylation is 1. The molecule has 0 bridgehead atoms. The van der Waals surface area contributed by atoms with Crippen molar-refractivity contribution >= 4 is 22.7 Å². The van der Waals surface area contributed by atoms with Crippen molar-refractivity contribution in [3.63, 3.8) is 0 Å². The van der Waals surface area contributed by atoms with Crippen LogP contribution in [-0.4, -0.2) is 26.8 Å². The van der Waals surface area contributed by atoms with Gasteiger partial charge in [-0.15, -0.1) is 5.10 Å². The molecular weight excluding hydrogens is 414 g/mol. The number of furan rings is 1. The highest BCUT2D eigenvalue weighted by Crippen LogP contribution is 2.13. The number of ether oxygens (including phenoxy) is 1. The fraction of sp³-hybridized carbons (Fsp3) is 0.136. The number of benzene rings is 2. The number of aromatic nitrogens is 3. The Labute approximate surface area is 181 Å². The van der Waals surface area contributed by atoms with E-state index in [1.54, 1.807) is 30.3 Å². The highest BCUT2D eigenvalue weighted by Gasteiger charge is 2.13. The second-order valence-electron chi connectivity index (χ2n) is 6.75. The van der Waals surface area contributed by atoms with Gasteiger partial charge in [-0.1, -0.05) is 35.5 Å². The number of hydrogen-bond donors (Lipinski definition) is 2. The van der Waals surface area contributed by atoms with Crippen molar-refractivity contribution in [3.05, 3.63) is 88.6 Å². The van der Waals surface area contributed by atoms with Crippen LogP contribution in [0.4, 0.5) is 0 Å². The molecule has 0 aliphatic rings. The van der Waals surface area contributed by atoms with Crippen LogP contribution in [0.5, 0.6) is 5.75 Å². The molecule has 162 valence electrons. The normalized spacial score (nSPS) is 10.6. The molecule has 4 aromatic rings. The van der Waals surface area contributed by atoms with Crippen molar-refractivity contribution in [3.8, 4) is 5.75 Å². The predicted octanol–water partition coefficient (Wildman–Crippen LogP) is 1.81. The van der Waals surface area contributed by atoms with Gasteiger partial charge >= 0.3 is 5.91 Å². The van der Waals surface area contributed by atoms with Gasteiger partial charge in [-0.05, 0) is 36.4 Å². The number of rotatable bonds is 7. The van der Waals surface area contributed by atoms with E-state index in [1.165, 1.54) is 6.07 Å². The summed E-state index contributed by atoms with van der Waals surface area (Å²) in [4.78, 5) is 36.6. The molecule has 2 heterocycles. The highest BCUT2D eigenvalue weighted by molar-refractivity contribution is 5.92. The Morgan fingerprint density at radius 1 is 0.969 bits per heavy atom. The minimum Gasteiger partial charge on any atom is -0.486 e. The number of para-hydroxylation sites is 1. The Bertz CT molecular complexity index is 1300. The van der Waals surface area contributed by atoms with Crippen molar-refractivity contribution in [2.75, 3.05) is 0 Å². The average Bonchev–Trinajstić information content (AvgIpc) is 3.31. The third-order valence-electron chi connectivity index (χ3n) is 4.51. The topological polar surface area (TPSA) is 128 Å². The van der Waals surface area contributed by atoms with E-state index in [2.05, 4.69) is 21.2 Å². The van der Waals surface area contributed by atoms with E-state index in [0.29, 0.717) is 22.4 Å². The van der Waals surface area contributed by atoms with Gasteiger partial charge in [-0.3, -0.25) is 25.2 Å². The van der Waals surface area contributed by atoms with E-state index in [0.717, 1.165) is 4.68 Å². The molecule has 0 saturated carbocycles. The quantitative estimate of drug-likeness (QED) is 0.425. The van der Waals surface area contributed by atoms with Crippen molar-refractivity contribution in [1.82, 2.24) is 25.8 Å². The summed E-state index contributed by atoms with van der Waals surface area (Å²) in [6, 6.07) is 19.1. The van der Waals surface area contributed by atoms with Gasteiger partial charge in [0.1, 0.15) is 23.6 Å². The maximum Gasteiger partial charge on any atom is 0.305 e. The summed E-state index contributed by atoms with van der Waals surface area (Å²) in [5.74, 6) is 0.0388. The molecule has 0 aliphatic carbocycles. The number of nitrogens with one attached hydrogen (secondary N) is 2. The molecule has 0 saturated heterocycles. The van der Waals surface area contributed by atoms with Crippen molar-refractivity contribution in [2.45, 2.75) is 19.6 Å². The molecule has 2 N–H and O–H groups in total. The first-order valence-electron chi connectivity index (χ1n) is 9.78. The summed E-state index contributed by atoms with van der Waals surface area (Å²) in [5, 5.41) is 8.20. The molecule has 2 aromatic carbocycles. The zero-order valence-corrected chi connectivity index (χ0v) is 16.9. The summed E-state index contributed by atoms with van der Waals surface area (Å²) < 4.78 is 12.1. The molecule has 0 unspecified atom stereocenters. The molecule has 10 heteroatoms. The van der Waals surface area contributed by atoms with Gasteiger partial charge in [0.2, 0.25) is 5.91 Å². The molecule has 4 rings (SSSR count). The van der Waals surface area contributed by atoms with Gasteiger partial charge in [-0.25, -0.2) is 4.68 Å². The maximum atomic E-state index is 12.4. The largest absolute Gasteiger partial charge is 0.486 e. The Morgan fingerprint density at radius 2 is 1.75 bits per heavy atom. The van der Waals surface area contributed by atoms with Crippen LogP contribution < -0.4 is 21.1 Å². The number of hydrogen-bond acceptors (Lipinski definition) is 7. The third kappa shape index (κ3) is 4.98. The fourth-order valence-corrected chi connectivity index (χ4v) is 2.88. The first kappa shape index (κ1) is 20.8. The molecule has 32 heavy (non-hydrogen) atoms. The lowest BCUT2D eigenvalue weighted by Crippen LogP contribution is -2.42. The first-order valence-corrected chi connectivity index (χ1v) is 9.78. The Hall–Kier alpha value is -4.47. The van der Waals surface area contributed by atoms with Gasteiger partial charge < -0.3 is 9.15 Å². The summed E-state index contributed by atoms with van der Waals surface area (Å²) in [6.07, 6.45) is -0.0818. The van der Waals surface area contributed by atoms with E-state index in [4.69, 9.17) is 9.15 Å². The second kappa shape index (κ2) is 9.56. The minimum absolute atomic E-state index is 0.0140. The molecular formula is C22H19N5O5. The van der Waals surface area contributed by atoms with E-state index in [1.807, 2.05) is 30.3 Å². The van der Waals surface area contributed by atoms with E-state index in [9.17, 15) is 14.4 Å². The van der Waals surface area contributed by atoms with Gasteiger partial charge in [0.15, 0.2) is 5.76 Å². The molecule has 0 spiro atoms. The van der Waals surface area contributed by atoms with Crippen molar-refractivity contribution in [2.24, 2.45) is 0 Å². The molecule has 0 fully saturated rings. The van der Waals surface area contributed by atoms with Crippen molar-refractivity contribution in [1.29, 1.82) is 0 Å². The van der Waals surface area contributed by atoms with E-state index < -0.39 is 11.8 Å². The van der Waals surface area contributed by atoms with Crippen molar-refractivity contribution < 1.29 is 18.7 Å². The predicted molar refractivity (Wildman–Crippen MR) is 114 cm³/mol. The average molecular weight is 433 g/mol. The first-order chi connectivity index (χ1) is 15.6. The maximum absolute atomic E-state index is 12.4. The minimum atomic E-state index is -0.619. The molecule has 0 atom stereocenters. The fourth-order valence-electron chi connectivity index (χ4n) is 2.88. The standard InChI is InChI=1S/C22H19N5O5/c28-20(12-13-27-22(30)17-8-4-5-9-18(17)23-26-27)24-25-21(29)19-11-10-16(32-19)14-31-15-6-2-1-3-7-15/h1-11H,12-14H2,(H,24,28)(H,25,29). The van der Waals surface area contributed by atoms with Gasteiger partial charge in [0, 0.05) is 6.42 Å². The summed E-state index contributed by atoms with van der Waals surface area (Å²) >= 11 is 0. The number of nitrogens with zero attached hydrogens (tertiary/aromatic N) is 3. The summed E-state index contributed by atoms with van der Waals surface area (Å²) in [5.41, 5.74) is 4.70. The lowest BCUT2D eigenvalue weighted by molar-refractivity contribution is -0.122. The molecule has 0 aliphatic heterocycles. The lowest BCUT2D eigenvalue weighted by Gasteiger charge is -2.07. The van der Waals surface area contributed by atoms with E-state index >= 15 is 0 Å². The summed E-state index contributed by atoms with van der Waals surface area (Å²) in [6.45, 7) is 0.172. The molecule has 0 radical (unpaired) electrons. The number of carbonyl (C=O) groups is 2. The van der Waals surface area contributed by atoms with Crippen LogP contribution in [0.15, 0.2) is 75.9 Å². The SMILES string of the molecule is O=C(CCn1nnc2ccccc2c1=O)NNC(=O)c1ccc(COc2ccccc2)o1. The van der Waals surface area contributed by atoms with E-state index in [-0.39, 0.29) is 30.9 Å². The third-order valence-corrected chi connectivity index (χ3v) is 4.51. The van der Waals surface area contributed by atoms with Crippen LogP contribution in [0.2, 0.25) is 0 Å². The highest BCUT2D eigenvalue weighted by atomic mass is 16.5. The number of fused-ring (bicyclic) bond motifs is 1. The Morgan fingerprint density at radius 3 is 2.59 bits per heavy atom. The lowest BCUT2D eigenvalue weighted by atomic mass is 10.2.